The predicted molar refractivity (Wildman–Crippen MR) is 99.0 cm³/mol. The van der Waals surface area contributed by atoms with Gasteiger partial charge in [-0.05, 0) is 45.8 Å². The van der Waals surface area contributed by atoms with Gasteiger partial charge in [-0.1, -0.05) is 0 Å². The van der Waals surface area contributed by atoms with Crippen molar-refractivity contribution < 1.29 is 14.3 Å². The number of hydrogen-bond acceptors (Lipinski definition) is 5. The van der Waals surface area contributed by atoms with Crippen molar-refractivity contribution in [1.82, 2.24) is 25.3 Å². The summed E-state index contributed by atoms with van der Waals surface area (Å²) in [5.41, 5.74) is -0.0129. The maximum Gasteiger partial charge on any atom is 0.315 e. The van der Waals surface area contributed by atoms with E-state index in [1.165, 1.54) is 0 Å². The number of ether oxygens (including phenoxy) is 1. The molecule has 3 amide bonds. The number of amides is 3. The minimum atomic E-state index is -0.398. The van der Waals surface area contributed by atoms with Crippen LogP contribution in [0.1, 0.15) is 25.7 Å². The molecule has 0 radical (unpaired) electrons. The first-order valence-corrected chi connectivity index (χ1v) is 9.81. The maximum atomic E-state index is 12.4. The zero-order valence-electron chi connectivity index (χ0n) is 16.1. The van der Waals surface area contributed by atoms with E-state index in [-0.39, 0.29) is 17.5 Å². The van der Waals surface area contributed by atoms with Crippen molar-refractivity contribution in [2.75, 3.05) is 66.6 Å². The number of nitrogens with one attached hydrogen (secondary N) is 2. The van der Waals surface area contributed by atoms with Gasteiger partial charge in [0.15, 0.2) is 0 Å². The van der Waals surface area contributed by atoms with Crippen molar-refractivity contribution in [2.24, 2.45) is 0 Å². The lowest BCUT2D eigenvalue weighted by Crippen LogP contribution is -2.63. The molecule has 0 aromatic carbocycles. The van der Waals surface area contributed by atoms with Crippen molar-refractivity contribution in [1.29, 1.82) is 0 Å². The lowest BCUT2D eigenvalue weighted by atomic mass is 9.85. The van der Waals surface area contributed by atoms with E-state index in [0.29, 0.717) is 6.54 Å². The van der Waals surface area contributed by atoms with Crippen LogP contribution in [0.25, 0.3) is 0 Å². The third-order valence-corrected chi connectivity index (χ3v) is 6.14. The number of hydrogen-bond donors (Lipinski definition) is 2. The number of carbonyl (C=O) groups is 2. The SMILES string of the molecule is CN1CCC(CNC(=O)NC2CCCN(C)C2=O)(N2CCOCC2)CC1. The Bertz CT molecular complexity index is 501. The van der Waals surface area contributed by atoms with Crippen LogP contribution in [0.5, 0.6) is 0 Å². The van der Waals surface area contributed by atoms with Crippen LogP contribution < -0.4 is 10.6 Å². The Labute approximate surface area is 156 Å². The highest BCUT2D eigenvalue weighted by Gasteiger charge is 2.40. The molecule has 3 saturated heterocycles. The van der Waals surface area contributed by atoms with Gasteiger partial charge in [0.2, 0.25) is 5.91 Å². The van der Waals surface area contributed by atoms with Gasteiger partial charge >= 0.3 is 6.03 Å². The number of carbonyl (C=O) groups excluding carboxylic acids is 2. The first kappa shape index (κ1) is 19.4. The molecule has 26 heavy (non-hydrogen) atoms. The normalized spacial score (nSPS) is 28.0. The Hall–Kier alpha value is -1.38. The van der Waals surface area contributed by atoms with Crippen LogP contribution in [0.4, 0.5) is 4.79 Å². The third-order valence-electron chi connectivity index (χ3n) is 6.14. The molecule has 0 saturated carbocycles. The zero-order chi connectivity index (χ0) is 18.6. The molecule has 0 bridgehead atoms. The number of nitrogens with zero attached hydrogens (tertiary/aromatic N) is 3. The van der Waals surface area contributed by atoms with E-state index >= 15 is 0 Å². The lowest BCUT2D eigenvalue weighted by molar-refractivity contribution is -0.134. The van der Waals surface area contributed by atoms with Gasteiger partial charge in [-0.3, -0.25) is 9.69 Å². The van der Waals surface area contributed by atoms with Crippen molar-refractivity contribution in [3.8, 4) is 0 Å². The molecule has 3 heterocycles. The number of piperidine rings is 2. The molecule has 1 atom stereocenters. The standard InChI is InChI=1S/C18H33N5O3/c1-21-8-5-18(6-9-21,23-10-12-26-13-11-23)14-19-17(25)20-15-4-3-7-22(2)16(15)24/h15H,3-14H2,1-2H3,(H2,19,20,25). The summed E-state index contributed by atoms with van der Waals surface area (Å²) in [4.78, 5) is 31.1. The minimum Gasteiger partial charge on any atom is -0.379 e. The van der Waals surface area contributed by atoms with Gasteiger partial charge < -0.3 is 25.2 Å². The van der Waals surface area contributed by atoms with Gasteiger partial charge in [0.05, 0.1) is 13.2 Å². The van der Waals surface area contributed by atoms with E-state index in [1.807, 2.05) is 0 Å². The topological polar surface area (TPSA) is 77.2 Å². The molecule has 3 fully saturated rings. The number of likely N-dealkylation sites (tertiary alicyclic amines) is 2. The van der Waals surface area contributed by atoms with Crippen molar-refractivity contribution in [2.45, 2.75) is 37.3 Å². The molecular formula is C18H33N5O3. The largest absolute Gasteiger partial charge is 0.379 e. The van der Waals surface area contributed by atoms with Gasteiger partial charge in [-0.2, -0.15) is 0 Å². The van der Waals surface area contributed by atoms with Crippen molar-refractivity contribution >= 4 is 11.9 Å². The van der Waals surface area contributed by atoms with Crippen LogP contribution in [0.2, 0.25) is 0 Å². The van der Waals surface area contributed by atoms with Gasteiger partial charge in [0, 0.05) is 38.8 Å². The summed E-state index contributed by atoms with van der Waals surface area (Å²) in [6.07, 6.45) is 3.72. The molecule has 3 aliphatic rings. The predicted octanol–water partition coefficient (Wildman–Crippen LogP) is -0.297. The van der Waals surface area contributed by atoms with Gasteiger partial charge in [-0.15, -0.1) is 0 Å². The second-order valence-corrected chi connectivity index (χ2v) is 7.91. The van der Waals surface area contributed by atoms with Crippen molar-refractivity contribution in [3.63, 3.8) is 0 Å². The zero-order valence-corrected chi connectivity index (χ0v) is 16.1. The number of rotatable bonds is 4. The lowest BCUT2D eigenvalue weighted by Gasteiger charge is -2.49. The summed E-state index contributed by atoms with van der Waals surface area (Å²) in [7, 11) is 3.94. The molecule has 2 N–H and O–H groups in total. The highest BCUT2D eigenvalue weighted by molar-refractivity contribution is 5.87. The highest BCUT2D eigenvalue weighted by Crippen LogP contribution is 2.29. The third kappa shape index (κ3) is 4.47. The quantitative estimate of drug-likeness (QED) is 0.714. The summed E-state index contributed by atoms with van der Waals surface area (Å²) in [6.45, 7) is 6.80. The Morgan fingerprint density at radius 1 is 1.15 bits per heavy atom. The first-order valence-electron chi connectivity index (χ1n) is 9.81. The Morgan fingerprint density at radius 3 is 2.54 bits per heavy atom. The second-order valence-electron chi connectivity index (χ2n) is 7.91. The van der Waals surface area contributed by atoms with E-state index in [1.54, 1.807) is 11.9 Å². The summed E-state index contributed by atoms with van der Waals surface area (Å²) >= 11 is 0. The molecule has 0 aliphatic carbocycles. The molecule has 3 rings (SSSR count). The smallest absolute Gasteiger partial charge is 0.315 e. The monoisotopic (exact) mass is 367 g/mol. The highest BCUT2D eigenvalue weighted by atomic mass is 16.5. The van der Waals surface area contributed by atoms with Gasteiger partial charge in [0.1, 0.15) is 6.04 Å². The Balaban J connectivity index is 1.56. The maximum absolute atomic E-state index is 12.4. The van der Waals surface area contributed by atoms with E-state index in [0.717, 1.165) is 71.6 Å². The second kappa shape index (κ2) is 8.54. The fraction of sp³-hybridized carbons (Fsp3) is 0.889. The molecule has 8 nitrogen and oxygen atoms in total. The summed E-state index contributed by atoms with van der Waals surface area (Å²) in [5.74, 6) is 0.00795. The van der Waals surface area contributed by atoms with Crippen molar-refractivity contribution in [3.05, 3.63) is 0 Å². The molecule has 3 aliphatic heterocycles. The van der Waals surface area contributed by atoms with E-state index in [4.69, 9.17) is 4.74 Å². The summed E-state index contributed by atoms with van der Waals surface area (Å²) < 4.78 is 5.51. The molecule has 0 spiro atoms. The number of likely N-dealkylation sites (N-methyl/N-ethyl adjacent to an activating group) is 1. The average Bonchev–Trinajstić information content (AvgIpc) is 2.66. The molecule has 148 valence electrons. The average molecular weight is 367 g/mol. The van der Waals surface area contributed by atoms with Crippen LogP contribution in [-0.2, 0) is 9.53 Å². The van der Waals surface area contributed by atoms with Crippen LogP contribution in [0.15, 0.2) is 0 Å². The Morgan fingerprint density at radius 2 is 1.85 bits per heavy atom. The van der Waals surface area contributed by atoms with Crippen LogP contribution in [0, 0.1) is 0 Å². The van der Waals surface area contributed by atoms with E-state index in [9.17, 15) is 9.59 Å². The molecule has 0 aromatic heterocycles. The molecular weight excluding hydrogens is 334 g/mol. The summed E-state index contributed by atoms with van der Waals surface area (Å²) in [5, 5.41) is 5.94. The van der Waals surface area contributed by atoms with Crippen LogP contribution in [0.3, 0.4) is 0 Å². The fourth-order valence-electron chi connectivity index (χ4n) is 4.30. The molecule has 8 heteroatoms. The van der Waals surface area contributed by atoms with Gasteiger partial charge in [0.25, 0.3) is 0 Å². The number of urea groups is 1. The van der Waals surface area contributed by atoms with Gasteiger partial charge in [-0.25, -0.2) is 4.79 Å². The fourth-order valence-corrected chi connectivity index (χ4v) is 4.30. The molecule has 0 aromatic rings. The molecule has 1 unspecified atom stereocenters. The Kier molecular flexibility index (Phi) is 6.37. The van der Waals surface area contributed by atoms with Crippen LogP contribution >= 0.6 is 0 Å². The minimum absolute atomic E-state index is 0.00795. The first-order chi connectivity index (χ1) is 12.5. The van der Waals surface area contributed by atoms with Crippen LogP contribution in [-0.4, -0.2) is 105 Å². The summed E-state index contributed by atoms with van der Waals surface area (Å²) in [6, 6.07) is -0.629. The van der Waals surface area contributed by atoms with E-state index < -0.39 is 6.04 Å². The van der Waals surface area contributed by atoms with E-state index in [2.05, 4.69) is 27.5 Å². The number of morpholine rings is 1.